The molecule has 1 aliphatic heterocycles. The van der Waals surface area contributed by atoms with Crippen molar-refractivity contribution in [2.75, 3.05) is 32.8 Å². The van der Waals surface area contributed by atoms with Crippen LogP contribution in [0.4, 0.5) is 0 Å². The second-order valence-corrected chi connectivity index (χ2v) is 5.52. The van der Waals surface area contributed by atoms with Gasteiger partial charge in [0.05, 0.1) is 6.61 Å². The van der Waals surface area contributed by atoms with E-state index in [2.05, 4.69) is 17.0 Å². The summed E-state index contributed by atoms with van der Waals surface area (Å²) < 4.78 is 5.82. The SMILES string of the molecule is NCCCOc1ccccc1CN1CCCC(CO)C1. The third kappa shape index (κ3) is 4.47. The number of nitrogens with two attached hydrogens (primary N) is 1. The van der Waals surface area contributed by atoms with E-state index in [9.17, 15) is 5.11 Å². The lowest BCUT2D eigenvalue weighted by atomic mass is 9.98. The second-order valence-electron chi connectivity index (χ2n) is 5.52. The second kappa shape index (κ2) is 8.25. The molecule has 1 aromatic rings. The Hall–Kier alpha value is -1.10. The highest BCUT2D eigenvalue weighted by Gasteiger charge is 2.20. The normalized spacial score (nSPS) is 20.0. The number of nitrogens with zero attached hydrogens (tertiary/aromatic N) is 1. The van der Waals surface area contributed by atoms with Gasteiger partial charge in [0, 0.05) is 25.3 Å². The van der Waals surface area contributed by atoms with Crippen LogP contribution in [0, 0.1) is 5.92 Å². The molecule has 1 saturated heterocycles. The van der Waals surface area contributed by atoms with Crippen LogP contribution in [0.15, 0.2) is 24.3 Å². The van der Waals surface area contributed by atoms with Crippen LogP contribution in [-0.2, 0) is 6.54 Å². The standard InChI is InChI=1S/C16H26N2O2/c17-8-4-10-20-16-7-2-1-6-15(16)12-18-9-3-5-14(11-18)13-19/h1-2,6-7,14,19H,3-5,8-13,17H2. The van der Waals surface area contributed by atoms with Crippen molar-refractivity contribution in [1.29, 1.82) is 0 Å². The van der Waals surface area contributed by atoms with Gasteiger partial charge in [0.1, 0.15) is 5.75 Å². The fourth-order valence-corrected chi connectivity index (χ4v) is 2.73. The van der Waals surface area contributed by atoms with E-state index in [0.29, 0.717) is 25.7 Å². The van der Waals surface area contributed by atoms with Gasteiger partial charge in [0.25, 0.3) is 0 Å². The summed E-state index contributed by atoms with van der Waals surface area (Å²) in [6.07, 6.45) is 3.19. The molecule has 1 unspecified atom stereocenters. The number of hydrogen-bond donors (Lipinski definition) is 2. The van der Waals surface area contributed by atoms with Crippen molar-refractivity contribution >= 4 is 0 Å². The average molecular weight is 278 g/mol. The molecule has 3 N–H and O–H groups in total. The highest BCUT2D eigenvalue weighted by molar-refractivity contribution is 5.33. The number of hydrogen-bond acceptors (Lipinski definition) is 4. The molecule has 1 heterocycles. The first-order valence-corrected chi connectivity index (χ1v) is 7.57. The smallest absolute Gasteiger partial charge is 0.123 e. The molecule has 1 aromatic carbocycles. The highest BCUT2D eigenvalue weighted by atomic mass is 16.5. The van der Waals surface area contributed by atoms with Crippen LogP contribution >= 0.6 is 0 Å². The predicted octanol–water partition coefficient (Wildman–Crippen LogP) is 1.62. The molecule has 0 aliphatic carbocycles. The van der Waals surface area contributed by atoms with Gasteiger partial charge in [0.15, 0.2) is 0 Å². The average Bonchev–Trinajstić information content (AvgIpc) is 2.49. The van der Waals surface area contributed by atoms with Crippen molar-refractivity contribution in [3.63, 3.8) is 0 Å². The minimum absolute atomic E-state index is 0.297. The molecule has 0 radical (unpaired) electrons. The summed E-state index contributed by atoms with van der Waals surface area (Å²) in [5.41, 5.74) is 6.72. The Bertz CT molecular complexity index is 398. The maximum Gasteiger partial charge on any atom is 0.123 e. The van der Waals surface area contributed by atoms with Crippen molar-refractivity contribution in [2.24, 2.45) is 11.7 Å². The molecule has 112 valence electrons. The summed E-state index contributed by atoms with van der Waals surface area (Å²) in [5, 5.41) is 9.31. The van der Waals surface area contributed by atoms with Gasteiger partial charge in [-0.1, -0.05) is 18.2 Å². The lowest BCUT2D eigenvalue weighted by molar-refractivity contribution is 0.115. The van der Waals surface area contributed by atoms with Gasteiger partial charge in [-0.25, -0.2) is 0 Å². The number of aliphatic hydroxyl groups excluding tert-OH is 1. The van der Waals surface area contributed by atoms with Gasteiger partial charge in [-0.2, -0.15) is 0 Å². The molecule has 4 nitrogen and oxygen atoms in total. The molecule has 0 bridgehead atoms. The van der Waals surface area contributed by atoms with Crippen LogP contribution in [0.2, 0.25) is 0 Å². The fraction of sp³-hybridized carbons (Fsp3) is 0.625. The van der Waals surface area contributed by atoms with Crippen LogP contribution in [-0.4, -0.2) is 42.9 Å². The van der Waals surface area contributed by atoms with E-state index in [1.54, 1.807) is 0 Å². The summed E-state index contributed by atoms with van der Waals surface area (Å²) in [7, 11) is 0. The monoisotopic (exact) mass is 278 g/mol. The molecular formula is C16H26N2O2. The van der Waals surface area contributed by atoms with Crippen molar-refractivity contribution < 1.29 is 9.84 Å². The van der Waals surface area contributed by atoms with Gasteiger partial charge >= 0.3 is 0 Å². The Morgan fingerprint density at radius 2 is 2.20 bits per heavy atom. The zero-order valence-electron chi connectivity index (χ0n) is 12.1. The van der Waals surface area contributed by atoms with Crippen molar-refractivity contribution in [3.8, 4) is 5.75 Å². The summed E-state index contributed by atoms with van der Waals surface area (Å²) >= 11 is 0. The van der Waals surface area contributed by atoms with E-state index in [1.807, 2.05) is 12.1 Å². The summed E-state index contributed by atoms with van der Waals surface area (Å²) in [6.45, 7) is 4.61. The van der Waals surface area contributed by atoms with Crippen LogP contribution in [0.5, 0.6) is 5.75 Å². The Kier molecular flexibility index (Phi) is 6.30. The molecule has 2 rings (SSSR count). The van der Waals surface area contributed by atoms with E-state index < -0.39 is 0 Å². The molecular weight excluding hydrogens is 252 g/mol. The van der Waals surface area contributed by atoms with Crippen LogP contribution in [0.1, 0.15) is 24.8 Å². The van der Waals surface area contributed by atoms with E-state index in [-0.39, 0.29) is 0 Å². The quantitative estimate of drug-likeness (QED) is 0.744. The minimum Gasteiger partial charge on any atom is -0.493 e. The molecule has 1 fully saturated rings. The maximum atomic E-state index is 9.31. The molecule has 1 aliphatic rings. The van der Waals surface area contributed by atoms with Crippen LogP contribution in [0.3, 0.4) is 0 Å². The highest BCUT2D eigenvalue weighted by Crippen LogP contribution is 2.23. The summed E-state index contributed by atoms with van der Waals surface area (Å²) in [6, 6.07) is 8.21. The number of benzene rings is 1. The van der Waals surface area contributed by atoms with Gasteiger partial charge in [-0.05, 0) is 44.3 Å². The molecule has 0 amide bonds. The number of para-hydroxylation sites is 1. The topological polar surface area (TPSA) is 58.7 Å². The first kappa shape index (κ1) is 15.3. The number of rotatable bonds is 7. The van der Waals surface area contributed by atoms with Crippen LogP contribution < -0.4 is 10.5 Å². The largest absolute Gasteiger partial charge is 0.493 e. The lowest BCUT2D eigenvalue weighted by Gasteiger charge is -2.32. The first-order chi connectivity index (χ1) is 9.83. The Labute approximate surface area is 121 Å². The zero-order valence-corrected chi connectivity index (χ0v) is 12.1. The van der Waals surface area contributed by atoms with Gasteiger partial charge in [-0.15, -0.1) is 0 Å². The van der Waals surface area contributed by atoms with E-state index in [4.69, 9.17) is 10.5 Å². The van der Waals surface area contributed by atoms with Gasteiger partial charge < -0.3 is 15.6 Å². The number of likely N-dealkylation sites (tertiary alicyclic amines) is 1. The number of piperidine rings is 1. The van der Waals surface area contributed by atoms with Gasteiger partial charge in [0.2, 0.25) is 0 Å². The van der Waals surface area contributed by atoms with E-state index in [1.165, 1.54) is 12.0 Å². The molecule has 4 heteroatoms. The Morgan fingerprint density at radius 3 is 3.00 bits per heavy atom. The van der Waals surface area contributed by atoms with Crippen molar-refractivity contribution in [3.05, 3.63) is 29.8 Å². The Balaban J connectivity index is 1.94. The molecule has 1 atom stereocenters. The first-order valence-electron chi connectivity index (χ1n) is 7.57. The Morgan fingerprint density at radius 1 is 1.35 bits per heavy atom. The lowest BCUT2D eigenvalue weighted by Crippen LogP contribution is -2.36. The predicted molar refractivity (Wildman–Crippen MR) is 80.7 cm³/mol. The maximum absolute atomic E-state index is 9.31. The zero-order chi connectivity index (χ0) is 14.2. The van der Waals surface area contributed by atoms with Crippen molar-refractivity contribution in [1.82, 2.24) is 4.90 Å². The fourth-order valence-electron chi connectivity index (χ4n) is 2.73. The molecule has 0 saturated carbocycles. The van der Waals surface area contributed by atoms with E-state index in [0.717, 1.165) is 38.2 Å². The number of aliphatic hydroxyl groups is 1. The van der Waals surface area contributed by atoms with E-state index >= 15 is 0 Å². The summed E-state index contributed by atoms with van der Waals surface area (Å²) in [4.78, 5) is 2.41. The molecule has 0 spiro atoms. The summed E-state index contributed by atoms with van der Waals surface area (Å²) in [5.74, 6) is 1.39. The molecule has 0 aromatic heterocycles. The third-order valence-electron chi connectivity index (χ3n) is 3.83. The van der Waals surface area contributed by atoms with Gasteiger partial charge in [-0.3, -0.25) is 4.90 Å². The van der Waals surface area contributed by atoms with Crippen molar-refractivity contribution in [2.45, 2.75) is 25.8 Å². The third-order valence-corrected chi connectivity index (χ3v) is 3.83. The van der Waals surface area contributed by atoms with Crippen LogP contribution in [0.25, 0.3) is 0 Å². The number of ether oxygens (including phenoxy) is 1. The molecule has 20 heavy (non-hydrogen) atoms. The minimum atomic E-state index is 0.297.